The molecule has 102 valence electrons. The number of aliphatic hydroxyl groups excluding tert-OH is 1. The quantitative estimate of drug-likeness (QED) is 0.275. The molecule has 0 spiro atoms. The van der Waals surface area contributed by atoms with Crippen LogP contribution in [0.3, 0.4) is 0 Å². The first-order chi connectivity index (χ1) is 8.83. The zero-order valence-corrected chi connectivity index (χ0v) is 11.3. The largest absolute Gasteiger partial charge is 0.392 e. The Morgan fingerprint density at radius 1 is 0.833 bits per heavy atom. The number of carbonyl (C=O) groups is 1. The Hall–Kier alpha value is -1.41. The van der Waals surface area contributed by atoms with E-state index in [1.807, 2.05) is 24.3 Å². The zero-order chi connectivity index (χ0) is 13.9. The molecule has 0 aliphatic heterocycles. The van der Waals surface area contributed by atoms with Crippen molar-refractivity contribution in [1.82, 2.24) is 0 Å². The molecule has 0 aliphatic carbocycles. The Morgan fingerprint density at radius 2 is 1.39 bits per heavy atom. The van der Waals surface area contributed by atoms with Crippen molar-refractivity contribution in [3.63, 3.8) is 0 Å². The number of aldehydes is 1. The standard InChI is InChI=1S/C8H14O.C8H12O/c2*1-2-3-4-5-6-7-8-9/h2,6-7,9H,1,3-5,8H2;2,6-8H,1,3-5H2. The molecule has 0 saturated heterocycles. The molecule has 2 heteroatoms. The van der Waals surface area contributed by atoms with E-state index in [1.54, 1.807) is 6.08 Å². The molecule has 0 bridgehead atoms. The van der Waals surface area contributed by atoms with E-state index >= 15 is 0 Å². The zero-order valence-electron chi connectivity index (χ0n) is 11.3. The van der Waals surface area contributed by atoms with Gasteiger partial charge in [0.25, 0.3) is 0 Å². The first-order valence-electron chi connectivity index (χ1n) is 6.41. The maximum Gasteiger partial charge on any atom is 0.142 e. The van der Waals surface area contributed by atoms with Crippen molar-refractivity contribution >= 4 is 6.29 Å². The summed E-state index contributed by atoms with van der Waals surface area (Å²) in [5, 5.41) is 8.32. The minimum absolute atomic E-state index is 0.161. The molecule has 1 N–H and O–H groups in total. The molecule has 18 heavy (non-hydrogen) atoms. The molecular formula is C16H26O2. The van der Waals surface area contributed by atoms with Gasteiger partial charge in [-0.2, -0.15) is 0 Å². The lowest BCUT2D eigenvalue weighted by atomic mass is 10.2. The van der Waals surface area contributed by atoms with Crippen LogP contribution >= 0.6 is 0 Å². The van der Waals surface area contributed by atoms with Crippen LogP contribution in [0.2, 0.25) is 0 Å². The molecule has 0 unspecified atom stereocenters. The Bertz CT molecular complexity index is 239. The number of carbonyl (C=O) groups excluding carboxylic acids is 1. The normalized spacial score (nSPS) is 10.1. The summed E-state index contributed by atoms with van der Waals surface area (Å²) in [7, 11) is 0. The van der Waals surface area contributed by atoms with Crippen molar-refractivity contribution in [2.45, 2.75) is 38.5 Å². The summed E-state index contributed by atoms with van der Waals surface area (Å²) < 4.78 is 0. The van der Waals surface area contributed by atoms with E-state index in [-0.39, 0.29) is 6.61 Å². The minimum atomic E-state index is 0.161. The molecule has 0 aromatic rings. The van der Waals surface area contributed by atoms with Crippen LogP contribution in [0, 0.1) is 0 Å². The van der Waals surface area contributed by atoms with Gasteiger partial charge in [-0.05, 0) is 44.6 Å². The Morgan fingerprint density at radius 3 is 1.83 bits per heavy atom. The molecule has 0 saturated carbocycles. The highest BCUT2D eigenvalue weighted by Crippen LogP contribution is 1.96. The van der Waals surface area contributed by atoms with E-state index < -0.39 is 0 Å². The summed E-state index contributed by atoms with van der Waals surface area (Å²) in [5.74, 6) is 0. The molecule has 0 aromatic heterocycles. The third-order valence-electron chi connectivity index (χ3n) is 2.04. The summed E-state index contributed by atoms with van der Waals surface area (Å²) in [6.07, 6.45) is 18.1. The van der Waals surface area contributed by atoms with Crippen molar-refractivity contribution in [2.75, 3.05) is 6.61 Å². The van der Waals surface area contributed by atoms with Gasteiger partial charge in [0.15, 0.2) is 0 Å². The second-order valence-electron chi connectivity index (χ2n) is 3.66. The van der Waals surface area contributed by atoms with Crippen molar-refractivity contribution in [1.29, 1.82) is 0 Å². The molecule has 0 fully saturated rings. The first-order valence-corrected chi connectivity index (χ1v) is 6.41. The highest BCUT2D eigenvalue weighted by atomic mass is 16.2. The number of unbranched alkanes of at least 4 members (excludes halogenated alkanes) is 4. The monoisotopic (exact) mass is 250 g/mol. The summed E-state index contributed by atoms with van der Waals surface area (Å²) in [4.78, 5) is 9.73. The van der Waals surface area contributed by atoms with Crippen LogP contribution < -0.4 is 0 Å². The van der Waals surface area contributed by atoms with Gasteiger partial charge in [-0.3, -0.25) is 4.79 Å². The van der Waals surface area contributed by atoms with Crippen molar-refractivity contribution in [3.05, 3.63) is 49.6 Å². The van der Waals surface area contributed by atoms with Crippen molar-refractivity contribution < 1.29 is 9.90 Å². The third-order valence-corrected chi connectivity index (χ3v) is 2.04. The van der Waals surface area contributed by atoms with E-state index in [2.05, 4.69) is 13.2 Å². The first kappa shape index (κ1) is 18.9. The molecule has 0 rings (SSSR count). The van der Waals surface area contributed by atoms with Gasteiger partial charge in [0.2, 0.25) is 0 Å². The fourth-order valence-corrected chi connectivity index (χ4v) is 1.10. The number of allylic oxidation sites excluding steroid dienone is 5. The van der Waals surface area contributed by atoms with E-state index in [4.69, 9.17) is 5.11 Å². The molecular weight excluding hydrogens is 224 g/mol. The summed E-state index contributed by atoms with van der Waals surface area (Å²) in [6, 6.07) is 0. The lowest BCUT2D eigenvalue weighted by Crippen LogP contribution is -1.72. The molecule has 2 nitrogen and oxygen atoms in total. The van der Waals surface area contributed by atoms with Gasteiger partial charge in [0.1, 0.15) is 6.29 Å². The fourth-order valence-electron chi connectivity index (χ4n) is 1.10. The molecule has 0 radical (unpaired) electrons. The van der Waals surface area contributed by atoms with Crippen molar-refractivity contribution in [3.8, 4) is 0 Å². The number of aliphatic hydroxyl groups is 1. The number of hydrogen-bond donors (Lipinski definition) is 1. The average Bonchev–Trinajstić information content (AvgIpc) is 2.39. The van der Waals surface area contributed by atoms with Crippen LogP contribution in [-0.4, -0.2) is 18.0 Å². The van der Waals surface area contributed by atoms with Crippen molar-refractivity contribution in [2.24, 2.45) is 0 Å². The SMILES string of the molecule is C=CCCCC=CC=O.C=CCCCC=CCO. The van der Waals surface area contributed by atoms with E-state index in [1.165, 1.54) is 6.08 Å². The maximum atomic E-state index is 9.73. The van der Waals surface area contributed by atoms with Crippen LogP contribution in [0.4, 0.5) is 0 Å². The molecule has 0 amide bonds. The van der Waals surface area contributed by atoms with Gasteiger partial charge in [-0.25, -0.2) is 0 Å². The van der Waals surface area contributed by atoms with Crippen LogP contribution in [0.15, 0.2) is 49.6 Å². The highest BCUT2D eigenvalue weighted by Gasteiger charge is 1.77. The number of rotatable bonds is 10. The fraction of sp³-hybridized carbons (Fsp3) is 0.438. The predicted molar refractivity (Wildman–Crippen MR) is 79.5 cm³/mol. The number of hydrogen-bond acceptors (Lipinski definition) is 2. The second kappa shape index (κ2) is 20.9. The van der Waals surface area contributed by atoms with Gasteiger partial charge >= 0.3 is 0 Å². The van der Waals surface area contributed by atoms with Gasteiger partial charge < -0.3 is 5.11 Å². The van der Waals surface area contributed by atoms with E-state index in [0.29, 0.717) is 0 Å². The molecule has 0 atom stereocenters. The lowest BCUT2D eigenvalue weighted by molar-refractivity contribution is -0.104. The third kappa shape index (κ3) is 24.0. The Labute approximate surface area is 111 Å². The Balaban J connectivity index is 0. The summed E-state index contributed by atoms with van der Waals surface area (Å²) >= 11 is 0. The van der Waals surface area contributed by atoms with Crippen LogP contribution in [0.5, 0.6) is 0 Å². The average molecular weight is 250 g/mol. The van der Waals surface area contributed by atoms with Crippen LogP contribution in [0.1, 0.15) is 38.5 Å². The van der Waals surface area contributed by atoms with Gasteiger partial charge in [-0.1, -0.05) is 30.4 Å². The van der Waals surface area contributed by atoms with E-state index in [9.17, 15) is 4.79 Å². The topological polar surface area (TPSA) is 37.3 Å². The smallest absolute Gasteiger partial charge is 0.142 e. The van der Waals surface area contributed by atoms with Gasteiger partial charge in [0, 0.05) is 0 Å². The van der Waals surface area contributed by atoms with Crippen LogP contribution in [-0.2, 0) is 4.79 Å². The Kier molecular flexibility index (Phi) is 22.0. The van der Waals surface area contributed by atoms with E-state index in [0.717, 1.165) is 44.8 Å². The lowest BCUT2D eigenvalue weighted by Gasteiger charge is -1.86. The summed E-state index contributed by atoms with van der Waals surface area (Å²) in [5.41, 5.74) is 0. The predicted octanol–water partition coefficient (Wildman–Crippen LogP) is 3.99. The molecule has 0 aliphatic rings. The maximum absolute atomic E-state index is 9.73. The van der Waals surface area contributed by atoms with Gasteiger partial charge in [0.05, 0.1) is 6.61 Å². The molecule has 0 heterocycles. The summed E-state index contributed by atoms with van der Waals surface area (Å²) in [6.45, 7) is 7.35. The second-order valence-corrected chi connectivity index (χ2v) is 3.66. The van der Waals surface area contributed by atoms with Crippen LogP contribution in [0.25, 0.3) is 0 Å². The highest BCUT2D eigenvalue weighted by molar-refractivity contribution is 5.64. The minimum Gasteiger partial charge on any atom is -0.392 e. The molecule has 0 aromatic carbocycles. The van der Waals surface area contributed by atoms with Gasteiger partial charge in [-0.15, -0.1) is 13.2 Å².